The first-order chi connectivity index (χ1) is 35.0. The third kappa shape index (κ3) is 21.0. The first kappa shape index (κ1) is 56.7. The van der Waals surface area contributed by atoms with E-state index in [1.807, 2.05) is 0 Å². The molecule has 0 N–H and O–H groups in total. The van der Waals surface area contributed by atoms with Crippen LogP contribution in [0, 0.1) is 11.8 Å². The zero-order valence-corrected chi connectivity index (χ0v) is 46.2. The first-order valence-corrected chi connectivity index (χ1v) is 30.6. The molecule has 6 rings (SSSR count). The Labute approximate surface area is 435 Å². The molecule has 0 atom stereocenters. The van der Waals surface area contributed by atoms with Crippen molar-refractivity contribution in [1.29, 1.82) is 0 Å². The van der Waals surface area contributed by atoms with Gasteiger partial charge in [-0.15, -0.1) is 0 Å². The molecule has 2 aliphatic carbocycles. The topological polar surface area (TPSA) is 60.8 Å². The molecule has 2 fully saturated rings. The summed E-state index contributed by atoms with van der Waals surface area (Å²) in [6, 6.07) is 14.6. The Morgan fingerprint density at radius 1 is 0.352 bits per heavy atom. The maximum atomic E-state index is 7.26. The van der Waals surface area contributed by atoms with E-state index in [0.717, 1.165) is 61.7 Å². The van der Waals surface area contributed by atoms with E-state index in [1.54, 1.807) is 0 Å². The van der Waals surface area contributed by atoms with Gasteiger partial charge < -0.3 is 4.74 Å². The van der Waals surface area contributed by atoms with Gasteiger partial charge >= 0.3 is 0 Å². The predicted molar refractivity (Wildman–Crippen MR) is 302 cm³/mol. The second-order valence-electron chi connectivity index (χ2n) is 22.8. The molecular weight excluding hydrogens is 865 g/mol. The molecule has 2 heterocycles. The van der Waals surface area contributed by atoms with Crippen molar-refractivity contribution in [2.45, 2.75) is 284 Å². The molecule has 5 heteroatoms. The van der Waals surface area contributed by atoms with Crippen LogP contribution in [0.3, 0.4) is 0 Å². The molecule has 2 aromatic carbocycles. The minimum absolute atomic E-state index is 0.476. The molecule has 0 aliphatic heterocycles. The third-order valence-corrected chi connectivity index (χ3v) is 16.6. The van der Waals surface area contributed by atoms with Crippen LogP contribution in [-0.2, 0) is 38.5 Å². The molecule has 4 aromatic rings. The highest BCUT2D eigenvalue weighted by Gasteiger charge is 2.28. The lowest BCUT2D eigenvalue weighted by atomic mass is 9.78. The normalized spacial score (nSPS) is 18.3. The summed E-state index contributed by atoms with van der Waals surface area (Å²) in [7, 11) is 0. The molecule has 5 nitrogen and oxygen atoms in total. The lowest BCUT2D eigenvalue weighted by molar-refractivity contribution is 0.312. The molecule has 0 spiro atoms. The summed E-state index contributed by atoms with van der Waals surface area (Å²) in [5.74, 6) is 6.56. The van der Waals surface area contributed by atoms with Crippen LogP contribution in [0.15, 0.2) is 61.2 Å². The Bertz CT molecular complexity index is 1830. The Hall–Kier alpha value is -3.60. The van der Waals surface area contributed by atoms with Crippen molar-refractivity contribution >= 4 is 0 Å². The van der Waals surface area contributed by atoms with Crippen LogP contribution in [0.4, 0.5) is 0 Å². The molecule has 392 valence electrons. The molecule has 0 saturated heterocycles. The molecule has 0 bridgehead atoms. The number of benzene rings is 2. The van der Waals surface area contributed by atoms with E-state index in [9.17, 15) is 0 Å². The average molecular weight is 968 g/mol. The van der Waals surface area contributed by atoms with Gasteiger partial charge in [-0.05, 0) is 173 Å². The number of ether oxygens (including phenoxy) is 1. The van der Waals surface area contributed by atoms with E-state index in [2.05, 4.69) is 88.9 Å². The molecule has 71 heavy (non-hydrogen) atoms. The fourth-order valence-electron chi connectivity index (χ4n) is 11.9. The van der Waals surface area contributed by atoms with Crippen molar-refractivity contribution in [2.24, 2.45) is 11.8 Å². The van der Waals surface area contributed by atoms with E-state index in [1.165, 1.54) is 239 Å². The van der Waals surface area contributed by atoms with Gasteiger partial charge in [-0.2, -0.15) is 0 Å². The summed E-state index contributed by atoms with van der Waals surface area (Å²) in [6.07, 6.45) is 56.8. The van der Waals surface area contributed by atoms with Crippen molar-refractivity contribution in [3.63, 3.8) is 0 Å². The predicted octanol–water partition coefficient (Wildman–Crippen LogP) is 19.7. The van der Waals surface area contributed by atoms with Crippen molar-refractivity contribution < 1.29 is 4.74 Å². The lowest BCUT2D eigenvalue weighted by Crippen LogP contribution is -2.18. The second-order valence-corrected chi connectivity index (χ2v) is 22.8. The number of aryl methyl sites for hydroxylation is 4. The number of rotatable bonds is 36. The van der Waals surface area contributed by atoms with Crippen molar-refractivity contribution in [1.82, 2.24) is 19.9 Å². The van der Waals surface area contributed by atoms with E-state index in [-0.39, 0.29) is 0 Å². The third-order valence-electron chi connectivity index (χ3n) is 16.6. The molecule has 0 radical (unpaired) electrons. The van der Waals surface area contributed by atoms with Gasteiger partial charge in [-0.25, -0.2) is 19.9 Å². The summed E-state index contributed by atoms with van der Waals surface area (Å²) >= 11 is 0. The Morgan fingerprint density at radius 2 is 0.648 bits per heavy atom. The van der Waals surface area contributed by atoms with E-state index in [4.69, 9.17) is 24.7 Å². The van der Waals surface area contributed by atoms with Gasteiger partial charge in [0, 0.05) is 36.6 Å². The van der Waals surface area contributed by atoms with Gasteiger partial charge in [0.15, 0.2) is 0 Å². The SMILES string of the molecule is CCCCCCCCCCc1ccc(Oc2ccc(CCCCCCCCCC)cc2C[C@H]2CC[C@H](c3ncc(CCCCCC)cn3)CC2)c(C[C@H]2CC[C@H](c3ncc(CCCCCC)cn3)CC2)c1. The number of hydrogen-bond donors (Lipinski definition) is 0. The number of hydrogen-bond acceptors (Lipinski definition) is 5. The van der Waals surface area contributed by atoms with Gasteiger partial charge in [0.1, 0.15) is 23.1 Å². The van der Waals surface area contributed by atoms with Crippen LogP contribution < -0.4 is 4.74 Å². The van der Waals surface area contributed by atoms with Gasteiger partial charge in [-0.3, -0.25) is 0 Å². The largest absolute Gasteiger partial charge is 0.457 e. The van der Waals surface area contributed by atoms with E-state index < -0.39 is 0 Å². The maximum absolute atomic E-state index is 7.26. The summed E-state index contributed by atoms with van der Waals surface area (Å²) in [4.78, 5) is 19.7. The first-order valence-electron chi connectivity index (χ1n) is 30.6. The van der Waals surface area contributed by atoms with Gasteiger partial charge in [-0.1, -0.05) is 180 Å². The molecule has 0 amide bonds. The Balaban J connectivity index is 1.12. The van der Waals surface area contributed by atoms with Crippen molar-refractivity contribution in [3.05, 3.63) is 106 Å². The summed E-state index contributed by atoms with van der Waals surface area (Å²) in [5, 5.41) is 0. The highest BCUT2D eigenvalue weighted by molar-refractivity contribution is 5.45. The number of aromatic nitrogens is 4. The van der Waals surface area contributed by atoms with Crippen LogP contribution in [0.5, 0.6) is 11.5 Å². The summed E-state index contributed by atoms with van der Waals surface area (Å²) in [5.41, 5.74) is 8.39. The number of nitrogens with zero attached hydrogens (tertiary/aromatic N) is 4. The van der Waals surface area contributed by atoms with Crippen LogP contribution in [-0.4, -0.2) is 19.9 Å². The monoisotopic (exact) mass is 967 g/mol. The Kier molecular flexibility index (Phi) is 27.1. The lowest BCUT2D eigenvalue weighted by Gasteiger charge is -2.29. The zero-order chi connectivity index (χ0) is 49.6. The van der Waals surface area contributed by atoms with E-state index >= 15 is 0 Å². The fraction of sp³-hybridized carbons (Fsp3) is 0.697. The quantitative estimate of drug-likeness (QED) is 0.0425. The molecule has 2 aromatic heterocycles. The number of unbranched alkanes of at least 4 members (excludes halogenated alkanes) is 20. The standard InChI is InChI=1S/C66H102N4O/c1-5-9-13-17-19-21-23-27-29-53-37-43-63(61(45-53)47-55-33-39-59(40-34-55)65-67-49-57(50-68-65)31-25-15-11-7-3)71-64-44-38-54(30-28-24-22-20-18-14-10-6-2)46-62(64)48-56-35-41-60(42-36-56)66-69-51-58(52-70-66)32-26-16-12-8-4/h37-38,43-46,49-52,55-56,59-60H,5-36,39-42,47-48H2,1-4H3/t55-,56-,59-,60-. The fourth-order valence-corrected chi connectivity index (χ4v) is 11.9. The minimum Gasteiger partial charge on any atom is -0.457 e. The van der Waals surface area contributed by atoms with Crippen LogP contribution in [0.2, 0.25) is 0 Å². The van der Waals surface area contributed by atoms with Gasteiger partial charge in [0.25, 0.3) is 0 Å². The minimum atomic E-state index is 0.476. The highest BCUT2D eigenvalue weighted by Crippen LogP contribution is 2.41. The molecule has 2 saturated carbocycles. The molecule has 0 unspecified atom stereocenters. The van der Waals surface area contributed by atoms with Crippen molar-refractivity contribution in [2.75, 3.05) is 0 Å². The van der Waals surface area contributed by atoms with E-state index in [0.29, 0.717) is 23.7 Å². The zero-order valence-electron chi connectivity index (χ0n) is 46.2. The maximum Gasteiger partial charge on any atom is 0.131 e. The van der Waals surface area contributed by atoms with Crippen LogP contribution in [0.1, 0.15) is 290 Å². The average Bonchev–Trinajstić information content (AvgIpc) is 3.40. The molecular formula is C66H102N4O. The second kappa shape index (κ2) is 34.0. The van der Waals surface area contributed by atoms with Crippen LogP contribution in [0.25, 0.3) is 0 Å². The van der Waals surface area contributed by atoms with Crippen LogP contribution >= 0.6 is 0 Å². The van der Waals surface area contributed by atoms with Crippen molar-refractivity contribution in [3.8, 4) is 11.5 Å². The Morgan fingerprint density at radius 3 is 0.986 bits per heavy atom. The summed E-state index contributed by atoms with van der Waals surface area (Å²) in [6.45, 7) is 9.18. The summed E-state index contributed by atoms with van der Waals surface area (Å²) < 4.78 is 7.26. The highest BCUT2D eigenvalue weighted by atomic mass is 16.5. The smallest absolute Gasteiger partial charge is 0.131 e. The molecule has 2 aliphatic rings. The van der Waals surface area contributed by atoms with Gasteiger partial charge in [0.2, 0.25) is 0 Å². The van der Waals surface area contributed by atoms with Gasteiger partial charge in [0.05, 0.1) is 0 Å².